The van der Waals surface area contributed by atoms with Crippen LogP contribution in [0.15, 0.2) is 106 Å². The number of benzene rings is 3. The van der Waals surface area contributed by atoms with E-state index in [4.69, 9.17) is 40.1 Å². The Kier molecular flexibility index (Phi) is 31.2. The lowest BCUT2D eigenvalue weighted by molar-refractivity contribution is -0.142. The van der Waals surface area contributed by atoms with Gasteiger partial charge < -0.3 is 48.6 Å². The number of halogens is 10. The fourth-order valence-corrected chi connectivity index (χ4v) is 8.65. The molecule has 4 N–H and O–H groups in total. The van der Waals surface area contributed by atoms with Crippen molar-refractivity contribution in [1.82, 2.24) is 60.1 Å². The molecule has 0 spiro atoms. The van der Waals surface area contributed by atoms with E-state index in [9.17, 15) is 49.1 Å². The lowest BCUT2D eigenvalue weighted by Crippen LogP contribution is -2.33. The molecule has 0 fully saturated rings. The van der Waals surface area contributed by atoms with Crippen molar-refractivity contribution < 1.29 is 78.3 Å². The van der Waals surface area contributed by atoms with Gasteiger partial charge in [-0.25, -0.2) is 24.5 Å². The fourth-order valence-electron chi connectivity index (χ4n) is 8.65. The first-order chi connectivity index (χ1) is 45.3. The van der Waals surface area contributed by atoms with Crippen LogP contribution in [-0.2, 0) is 37.8 Å². The molecule has 6 aromatic heterocycles. The number of amides is 3. The van der Waals surface area contributed by atoms with Gasteiger partial charge in [-0.2, -0.15) is 44.8 Å². The number of ether oxygens (including phenoxy) is 3. The van der Waals surface area contributed by atoms with Crippen molar-refractivity contribution in [1.29, 1.82) is 5.26 Å². The number of nitrogen functional groups attached to an aromatic ring is 1. The van der Waals surface area contributed by atoms with E-state index in [1.165, 1.54) is 88.9 Å². The van der Waals surface area contributed by atoms with Crippen LogP contribution in [0.4, 0.5) is 60.7 Å². The Balaban J connectivity index is 0.000000279. The third-order valence-electron chi connectivity index (χ3n) is 12.8. The highest BCUT2D eigenvalue weighted by molar-refractivity contribution is 14.1. The summed E-state index contributed by atoms with van der Waals surface area (Å²) < 4.78 is 157. The van der Waals surface area contributed by atoms with Gasteiger partial charge in [-0.3, -0.25) is 19.9 Å². The van der Waals surface area contributed by atoms with Crippen LogP contribution in [0.2, 0.25) is 0 Å². The molecule has 0 radical (unpaired) electrons. The molecule has 9 rings (SSSR count). The summed E-state index contributed by atoms with van der Waals surface area (Å²) in [4.78, 5) is 46.8. The highest BCUT2D eigenvalue weighted by atomic mass is 127. The van der Waals surface area contributed by atoms with Crippen LogP contribution in [0.1, 0.15) is 101 Å². The van der Waals surface area contributed by atoms with Crippen molar-refractivity contribution >= 4 is 79.2 Å². The second-order valence-electron chi connectivity index (χ2n) is 19.8. The summed E-state index contributed by atoms with van der Waals surface area (Å²) in [5.41, 5.74) is 4.25. The molecule has 23 nitrogen and oxygen atoms in total. The summed E-state index contributed by atoms with van der Waals surface area (Å²) in [6, 6.07) is 9.78. The average Bonchev–Trinajstić information content (AvgIpc) is 1.68. The topological polar surface area (TPSA) is 290 Å². The maximum atomic E-state index is 13.1. The molecule has 0 atom stereocenters. The largest absolute Gasteiger partial charge is 0.493 e. The lowest BCUT2D eigenvalue weighted by Gasteiger charge is -2.18. The van der Waals surface area contributed by atoms with Gasteiger partial charge in [0.1, 0.15) is 29.4 Å². The van der Waals surface area contributed by atoms with E-state index in [2.05, 4.69) is 51.0 Å². The van der Waals surface area contributed by atoms with E-state index in [0.717, 1.165) is 19.4 Å². The first kappa shape index (κ1) is 75.6. The number of nitrogens with two attached hydrogens (primary N) is 1. The minimum absolute atomic E-state index is 0.0153. The molecular formula is C61H73F9IN15O8. The predicted molar refractivity (Wildman–Crippen MR) is 340 cm³/mol. The zero-order valence-corrected chi connectivity index (χ0v) is 54.6. The maximum Gasteiger partial charge on any atom is 0.437 e. The normalized spacial score (nSPS) is 11.2. The number of carbonyl (C=O) groups excluding carboxylic acids is 2. The first-order valence-electron chi connectivity index (χ1n) is 29.7. The predicted octanol–water partition coefficient (Wildman–Crippen LogP) is 14.3. The standard InChI is InChI=1S/C20H22F3N5O3.C19H21F3N4O3.C15H19F3N2O2.C4H5N3.C2H3N.CH3I/c1-3-5-13-15(7-6-14-17(13)31-27-18(14)20(21,22)23)30-11-4-10-28(2)19(29)26-16-12-24-8-9-25-16;1-3-5-13-15(7-6-14-16(13)29-24-17(14)19(20,21)22)28-11-4-9-25(2)18(27)26-10-8-23-12-26;1-3-5-10-12(21-9-4-8-19-2)7-6-11-13(10)22-20-14(11)15(16,17)18;5-4-3-6-1-2-7-4;1-2-3;1-2/h6-9,12H,3-5,10-11H2,1-2H3,(H,25,26,29);6-8,10,12H,3-5,9,11H2,1-2H3;6-7,19H,3-5,8-9H2,1-2H3;1-3H,(H2,5,7);1H3;1H3/i;;;;;1D. The third-order valence-corrected chi connectivity index (χ3v) is 12.8. The summed E-state index contributed by atoms with van der Waals surface area (Å²) in [5, 5.41) is 22.4. The van der Waals surface area contributed by atoms with Crippen molar-refractivity contribution in [3.8, 4) is 23.3 Å². The fraction of sp³-hybridized carbons (Fsp3) is 0.426. The van der Waals surface area contributed by atoms with Gasteiger partial charge >= 0.3 is 30.6 Å². The van der Waals surface area contributed by atoms with Gasteiger partial charge in [-0.15, -0.1) is 0 Å². The molecule has 6 heterocycles. The second kappa shape index (κ2) is 38.8. The molecule has 0 aliphatic carbocycles. The van der Waals surface area contributed by atoms with Crippen LogP contribution in [0, 0.1) is 11.3 Å². The van der Waals surface area contributed by atoms with Crippen LogP contribution in [0.5, 0.6) is 17.2 Å². The Labute approximate surface area is 550 Å². The number of carbonyl (C=O) groups is 2. The van der Waals surface area contributed by atoms with Gasteiger partial charge in [0.2, 0.25) is 0 Å². The summed E-state index contributed by atoms with van der Waals surface area (Å²) in [6.07, 6.45) is 5.47. The van der Waals surface area contributed by atoms with E-state index < -0.39 is 35.6 Å². The molecule has 0 aliphatic rings. The number of fused-ring (bicyclic) bond motifs is 3. The molecule has 0 saturated heterocycles. The second-order valence-corrected chi connectivity index (χ2v) is 19.8. The minimum Gasteiger partial charge on any atom is -0.493 e. The Morgan fingerprint density at radius 2 is 1.05 bits per heavy atom. The molecule has 0 aliphatic heterocycles. The SMILES string of the molecule is CC#N.CCCc1c(OCCCN(C)C(=O)Nc2cnccn2)ccc2c(C(F)(F)F)noc12.CCCc1c(OCCCN(C)C(=O)n2ccnc2)ccc2c(C(F)(F)F)noc12.CCCc1c(OCCCNC)ccc2c(C(F)(F)F)noc12.Nc1cnccn1.[2H]CI. The van der Waals surface area contributed by atoms with Gasteiger partial charge in [0, 0.05) is 89.4 Å². The highest BCUT2D eigenvalue weighted by Crippen LogP contribution is 2.41. The molecule has 3 aromatic carbocycles. The molecule has 94 heavy (non-hydrogen) atoms. The van der Waals surface area contributed by atoms with Crippen molar-refractivity contribution in [3.63, 3.8) is 0 Å². The van der Waals surface area contributed by atoms with Crippen LogP contribution in [0.3, 0.4) is 0 Å². The number of hydrogen-bond acceptors (Lipinski definition) is 19. The van der Waals surface area contributed by atoms with E-state index in [1.54, 1.807) is 44.8 Å². The number of aromatic nitrogens is 9. The monoisotopic (exact) mass is 1440 g/mol. The van der Waals surface area contributed by atoms with Gasteiger partial charge in [-0.05, 0) is 93.4 Å². The number of alkyl halides is 10. The van der Waals surface area contributed by atoms with Crippen LogP contribution < -0.4 is 30.6 Å². The highest BCUT2D eigenvalue weighted by Gasteiger charge is 2.40. The zero-order valence-electron chi connectivity index (χ0n) is 53.5. The van der Waals surface area contributed by atoms with Gasteiger partial charge in [0.05, 0.1) is 54.4 Å². The number of imidazole rings is 1. The van der Waals surface area contributed by atoms with Crippen LogP contribution >= 0.6 is 22.6 Å². The van der Waals surface area contributed by atoms with Gasteiger partial charge in [0.25, 0.3) is 0 Å². The zero-order chi connectivity index (χ0) is 70.1. The van der Waals surface area contributed by atoms with E-state index >= 15 is 0 Å². The number of hydrogen-bond donors (Lipinski definition) is 3. The molecule has 0 bridgehead atoms. The Morgan fingerprint density at radius 1 is 0.649 bits per heavy atom. The molecular weight excluding hydrogens is 1370 g/mol. The number of anilines is 2. The number of nitrogens with one attached hydrogen (secondary N) is 2. The third kappa shape index (κ3) is 23.2. The summed E-state index contributed by atoms with van der Waals surface area (Å²) in [5.74, 6) is 2.29. The van der Waals surface area contributed by atoms with Crippen molar-refractivity contribution in [3.05, 3.63) is 126 Å². The summed E-state index contributed by atoms with van der Waals surface area (Å²) >= 11 is 1.96. The number of nitriles is 1. The van der Waals surface area contributed by atoms with Crippen molar-refractivity contribution in [2.45, 2.75) is 104 Å². The molecule has 3 amide bonds. The van der Waals surface area contributed by atoms with Crippen molar-refractivity contribution in [2.24, 2.45) is 0 Å². The Bertz CT molecular complexity index is 3760. The minimum atomic E-state index is -4.59. The molecule has 510 valence electrons. The number of aryl methyl sites for hydroxylation is 3. The Morgan fingerprint density at radius 3 is 1.38 bits per heavy atom. The number of nitrogens with zero attached hydrogens (tertiary/aromatic N) is 12. The average molecular weight is 1440 g/mol. The van der Waals surface area contributed by atoms with E-state index in [-0.39, 0.29) is 51.6 Å². The quantitative estimate of drug-likeness (QED) is 0.0246. The smallest absolute Gasteiger partial charge is 0.437 e. The summed E-state index contributed by atoms with van der Waals surface area (Å²) in [7, 11) is 5.15. The number of urea groups is 1. The maximum absolute atomic E-state index is 13.1. The van der Waals surface area contributed by atoms with Crippen LogP contribution in [-0.4, -0.2) is 132 Å². The molecule has 33 heteroatoms. The Hall–Kier alpha value is -9.07. The molecule has 9 aromatic rings. The lowest BCUT2D eigenvalue weighted by atomic mass is 10.0. The molecule has 0 saturated carbocycles. The van der Waals surface area contributed by atoms with Crippen LogP contribution in [0.25, 0.3) is 32.9 Å². The van der Waals surface area contributed by atoms with Gasteiger partial charge in [-0.1, -0.05) is 78.1 Å². The number of rotatable bonds is 22. The van der Waals surface area contributed by atoms with E-state index in [0.29, 0.717) is 122 Å². The first-order valence-corrected chi connectivity index (χ1v) is 30.5. The van der Waals surface area contributed by atoms with Crippen molar-refractivity contribution in [2.75, 3.05) is 76.6 Å². The van der Waals surface area contributed by atoms with E-state index in [1.807, 2.05) is 50.4 Å². The summed E-state index contributed by atoms with van der Waals surface area (Å²) in [6.45, 7) is 9.92. The molecule has 0 unspecified atom stereocenters. The van der Waals surface area contributed by atoms with Gasteiger partial charge in [0.15, 0.2) is 39.6 Å².